The van der Waals surface area contributed by atoms with Gasteiger partial charge in [-0.1, -0.05) is 30.7 Å². The molecule has 2 aromatic rings. The number of hydrogen-bond acceptors (Lipinski definition) is 2. The first-order chi connectivity index (χ1) is 10.1. The zero-order chi connectivity index (χ0) is 15.4. The van der Waals surface area contributed by atoms with Crippen LogP contribution in [0.4, 0.5) is 5.69 Å². The van der Waals surface area contributed by atoms with Gasteiger partial charge in [-0.05, 0) is 41.8 Å². The van der Waals surface area contributed by atoms with Crippen molar-refractivity contribution in [1.29, 1.82) is 0 Å². The molecule has 4 heteroatoms. The summed E-state index contributed by atoms with van der Waals surface area (Å²) in [5.41, 5.74) is 3.73. The topological polar surface area (TPSA) is 38.3 Å². The van der Waals surface area contributed by atoms with Crippen LogP contribution in [-0.4, -0.2) is 13.0 Å². The maximum absolute atomic E-state index is 11.2. The first-order valence-corrected chi connectivity index (χ1v) is 7.18. The average Bonchev–Trinajstić information content (AvgIpc) is 2.47. The molecule has 110 valence electrons. The molecule has 0 saturated carbocycles. The van der Waals surface area contributed by atoms with E-state index in [-0.39, 0.29) is 5.91 Å². The van der Waals surface area contributed by atoms with Crippen molar-refractivity contribution in [1.82, 2.24) is 0 Å². The third kappa shape index (κ3) is 3.37. The van der Waals surface area contributed by atoms with Crippen molar-refractivity contribution in [3.05, 3.63) is 47.0 Å². The molecule has 0 radical (unpaired) electrons. The fourth-order valence-electron chi connectivity index (χ4n) is 2.31. The minimum Gasteiger partial charge on any atom is -0.496 e. The maximum Gasteiger partial charge on any atom is 0.221 e. The van der Waals surface area contributed by atoms with Crippen LogP contribution in [0.5, 0.6) is 5.75 Å². The lowest BCUT2D eigenvalue weighted by Crippen LogP contribution is -2.08. The van der Waals surface area contributed by atoms with E-state index in [1.54, 1.807) is 7.11 Å². The second kappa shape index (κ2) is 6.64. The Morgan fingerprint density at radius 2 is 2.05 bits per heavy atom. The van der Waals surface area contributed by atoms with Crippen molar-refractivity contribution in [3.8, 4) is 16.9 Å². The smallest absolute Gasteiger partial charge is 0.221 e. The molecule has 0 bridgehead atoms. The number of rotatable bonds is 4. The highest BCUT2D eigenvalue weighted by Gasteiger charge is 2.12. The van der Waals surface area contributed by atoms with Crippen LogP contribution in [-0.2, 0) is 11.2 Å². The summed E-state index contributed by atoms with van der Waals surface area (Å²) in [6.45, 7) is 3.55. The number of benzene rings is 2. The summed E-state index contributed by atoms with van der Waals surface area (Å²) in [5, 5.41) is 3.49. The molecule has 0 fully saturated rings. The molecule has 1 amide bonds. The summed E-state index contributed by atoms with van der Waals surface area (Å²) in [6.07, 6.45) is 0.816. The summed E-state index contributed by atoms with van der Waals surface area (Å²) in [7, 11) is 1.63. The van der Waals surface area contributed by atoms with E-state index in [1.807, 2.05) is 43.3 Å². The van der Waals surface area contributed by atoms with Crippen molar-refractivity contribution in [2.45, 2.75) is 20.3 Å². The van der Waals surface area contributed by atoms with E-state index in [4.69, 9.17) is 16.3 Å². The molecule has 0 unspecified atom stereocenters. The Balaban J connectivity index is 2.53. The van der Waals surface area contributed by atoms with Crippen molar-refractivity contribution in [2.75, 3.05) is 12.4 Å². The maximum atomic E-state index is 11.2. The standard InChI is InChI=1S/C17H18ClNO2/c1-4-12-10-13(8-9-15(12)19-11(2)20)17-14(18)6-5-7-16(17)21-3/h5-10H,4H2,1-3H3,(H,19,20). The number of nitrogens with one attached hydrogen (secondary N) is 1. The van der Waals surface area contributed by atoms with E-state index in [0.29, 0.717) is 5.02 Å². The van der Waals surface area contributed by atoms with Crippen LogP contribution in [0.15, 0.2) is 36.4 Å². The number of carbonyl (C=O) groups excluding carboxylic acids is 1. The third-order valence-corrected chi connectivity index (χ3v) is 3.60. The Morgan fingerprint density at radius 1 is 1.29 bits per heavy atom. The molecule has 0 aromatic heterocycles. The monoisotopic (exact) mass is 303 g/mol. The minimum atomic E-state index is -0.0761. The van der Waals surface area contributed by atoms with Gasteiger partial charge in [-0.15, -0.1) is 0 Å². The van der Waals surface area contributed by atoms with E-state index < -0.39 is 0 Å². The van der Waals surface area contributed by atoms with Crippen molar-refractivity contribution in [3.63, 3.8) is 0 Å². The molecule has 0 aliphatic carbocycles. The Kier molecular flexibility index (Phi) is 4.86. The Bertz CT molecular complexity index is 668. The van der Waals surface area contributed by atoms with Crippen LogP contribution in [0.25, 0.3) is 11.1 Å². The van der Waals surface area contributed by atoms with Gasteiger partial charge in [0.2, 0.25) is 5.91 Å². The molecule has 2 aromatic carbocycles. The number of ether oxygens (including phenoxy) is 1. The molecule has 0 saturated heterocycles. The minimum absolute atomic E-state index is 0.0761. The predicted molar refractivity (Wildman–Crippen MR) is 87.1 cm³/mol. The predicted octanol–water partition coefficient (Wildman–Crippen LogP) is 4.54. The van der Waals surface area contributed by atoms with Gasteiger partial charge in [-0.2, -0.15) is 0 Å². The molecule has 0 aliphatic rings. The lowest BCUT2D eigenvalue weighted by molar-refractivity contribution is -0.114. The summed E-state index contributed by atoms with van der Waals surface area (Å²) in [4.78, 5) is 11.2. The van der Waals surface area contributed by atoms with E-state index in [0.717, 1.165) is 34.5 Å². The number of anilines is 1. The highest BCUT2D eigenvalue weighted by atomic mass is 35.5. The number of methoxy groups -OCH3 is 1. The van der Waals surface area contributed by atoms with Gasteiger partial charge in [0.1, 0.15) is 5.75 Å². The highest BCUT2D eigenvalue weighted by Crippen LogP contribution is 2.37. The third-order valence-electron chi connectivity index (χ3n) is 3.28. The van der Waals surface area contributed by atoms with E-state index in [2.05, 4.69) is 5.32 Å². The van der Waals surface area contributed by atoms with Gasteiger partial charge in [0.25, 0.3) is 0 Å². The first-order valence-electron chi connectivity index (χ1n) is 6.80. The van der Waals surface area contributed by atoms with Crippen molar-refractivity contribution < 1.29 is 9.53 Å². The molecule has 21 heavy (non-hydrogen) atoms. The summed E-state index contributed by atoms with van der Waals surface area (Å²) in [5.74, 6) is 0.657. The number of hydrogen-bond donors (Lipinski definition) is 1. The molecule has 3 nitrogen and oxygen atoms in total. The number of aryl methyl sites for hydroxylation is 1. The van der Waals surface area contributed by atoms with Gasteiger partial charge >= 0.3 is 0 Å². The van der Waals surface area contributed by atoms with E-state index in [1.165, 1.54) is 6.92 Å². The van der Waals surface area contributed by atoms with Crippen LogP contribution < -0.4 is 10.1 Å². The summed E-state index contributed by atoms with van der Waals surface area (Å²) >= 11 is 6.31. The highest BCUT2D eigenvalue weighted by molar-refractivity contribution is 6.33. The number of halogens is 1. The lowest BCUT2D eigenvalue weighted by atomic mass is 9.99. The Hall–Kier alpha value is -2.00. The Labute approximate surface area is 129 Å². The number of amides is 1. The van der Waals surface area contributed by atoms with E-state index in [9.17, 15) is 4.79 Å². The molecular weight excluding hydrogens is 286 g/mol. The normalized spacial score (nSPS) is 10.3. The zero-order valence-electron chi connectivity index (χ0n) is 12.4. The number of carbonyl (C=O) groups is 1. The second-order valence-corrected chi connectivity index (χ2v) is 5.13. The van der Waals surface area contributed by atoms with Gasteiger partial charge in [-0.25, -0.2) is 0 Å². The largest absolute Gasteiger partial charge is 0.496 e. The summed E-state index contributed by atoms with van der Waals surface area (Å²) < 4.78 is 5.39. The second-order valence-electron chi connectivity index (χ2n) is 4.72. The molecule has 0 heterocycles. The van der Waals surface area contributed by atoms with Gasteiger partial charge in [0.15, 0.2) is 0 Å². The van der Waals surface area contributed by atoms with Crippen LogP contribution >= 0.6 is 11.6 Å². The quantitative estimate of drug-likeness (QED) is 0.900. The van der Waals surface area contributed by atoms with Crippen LogP contribution in [0.3, 0.4) is 0 Å². The van der Waals surface area contributed by atoms with E-state index >= 15 is 0 Å². The average molecular weight is 304 g/mol. The molecule has 0 spiro atoms. The molecule has 0 aliphatic heterocycles. The fourth-order valence-corrected chi connectivity index (χ4v) is 2.58. The fraction of sp³-hybridized carbons (Fsp3) is 0.235. The summed E-state index contributed by atoms with van der Waals surface area (Å²) in [6, 6.07) is 11.5. The van der Waals surface area contributed by atoms with Crippen LogP contribution in [0, 0.1) is 0 Å². The van der Waals surface area contributed by atoms with Crippen LogP contribution in [0.1, 0.15) is 19.4 Å². The molecular formula is C17H18ClNO2. The van der Waals surface area contributed by atoms with Crippen molar-refractivity contribution >= 4 is 23.2 Å². The Morgan fingerprint density at radius 3 is 2.67 bits per heavy atom. The van der Waals surface area contributed by atoms with Gasteiger partial charge in [0.05, 0.1) is 12.1 Å². The van der Waals surface area contributed by atoms with Gasteiger partial charge in [0, 0.05) is 18.2 Å². The van der Waals surface area contributed by atoms with Gasteiger partial charge < -0.3 is 10.1 Å². The molecule has 1 N–H and O–H groups in total. The SMILES string of the molecule is CCc1cc(-c2c(Cl)cccc2OC)ccc1NC(C)=O. The molecule has 2 rings (SSSR count). The van der Waals surface area contributed by atoms with Crippen molar-refractivity contribution in [2.24, 2.45) is 0 Å². The van der Waals surface area contributed by atoms with Gasteiger partial charge in [-0.3, -0.25) is 4.79 Å². The lowest BCUT2D eigenvalue weighted by Gasteiger charge is -2.14. The first kappa shape index (κ1) is 15.4. The van der Waals surface area contributed by atoms with Crippen LogP contribution in [0.2, 0.25) is 5.02 Å². The zero-order valence-corrected chi connectivity index (χ0v) is 13.1. The molecule has 0 atom stereocenters.